The van der Waals surface area contributed by atoms with E-state index in [0.717, 1.165) is 38.6 Å². The summed E-state index contributed by atoms with van der Waals surface area (Å²) in [5, 5.41) is 12.9. The van der Waals surface area contributed by atoms with E-state index < -0.39 is 0 Å². The van der Waals surface area contributed by atoms with Crippen molar-refractivity contribution >= 4 is 39.8 Å². The van der Waals surface area contributed by atoms with E-state index >= 15 is 0 Å². The van der Waals surface area contributed by atoms with Crippen molar-refractivity contribution in [1.82, 2.24) is 28.9 Å². The largest absolute Gasteiger partial charge is 0.328 e. The minimum absolute atomic E-state index is 0.644. The summed E-state index contributed by atoms with van der Waals surface area (Å²) in [5.74, 6) is 1.37. The highest BCUT2D eigenvalue weighted by atomic mass is 32.2. The molecule has 1 aliphatic rings. The second-order valence-electron chi connectivity index (χ2n) is 6.41. The van der Waals surface area contributed by atoms with Gasteiger partial charge in [-0.3, -0.25) is 9.50 Å². The van der Waals surface area contributed by atoms with Gasteiger partial charge >= 0.3 is 0 Å². The van der Waals surface area contributed by atoms with E-state index in [1.807, 2.05) is 31.6 Å². The summed E-state index contributed by atoms with van der Waals surface area (Å²) >= 11 is 3.02. The van der Waals surface area contributed by atoms with E-state index in [1.165, 1.54) is 30.1 Å². The highest BCUT2D eigenvalue weighted by Crippen LogP contribution is 2.40. The predicted molar refractivity (Wildman–Crippen MR) is 104 cm³/mol. The fourth-order valence-corrected chi connectivity index (χ4v) is 4.00. The number of rotatable bonds is 5. The van der Waals surface area contributed by atoms with Gasteiger partial charge in [0, 0.05) is 17.8 Å². The third-order valence-corrected chi connectivity index (χ3v) is 5.84. The molecule has 0 radical (unpaired) electrons. The van der Waals surface area contributed by atoms with Crippen molar-refractivity contribution in [3.05, 3.63) is 35.9 Å². The molecule has 26 heavy (non-hydrogen) atoms. The molecule has 9 heteroatoms. The van der Waals surface area contributed by atoms with Gasteiger partial charge in [0.25, 0.3) is 0 Å². The van der Waals surface area contributed by atoms with Gasteiger partial charge in [-0.15, -0.1) is 11.8 Å². The van der Waals surface area contributed by atoms with Crippen LogP contribution in [-0.4, -0.2) is 35.2 Å². The SMILES string of the molecule is CSc1cn2c(-c3cc(C4CC4)[nH]n3)cnc2c(Nc2cc(C)ns2)n1. The van der Waals surface area contributed by atoms with Crippen LogP contribution in [0, 0.1) is 6.92 Å². The molecule has 0 atom stereocenters. The highest BCUT2D eigenvalue weighted by molar-refractivity contribution is 7.98. The molecule has 5 rings (SSSR count). The monoisotopic (exact) mass is 383 g/mol. The Labute approximate surface area is 158 Å². The maximum atomic E-state index is 4.69. The number of hydrogen-bond acceptors (Lipinski definition) is 7. The van der Waals surface area contributed by atoms with Gasteiger partial charge in [0.1, 0.15) is 15.7 Å². The zero-order valence-corrected chi connectivity index (χ0v) is 16.0. The lowest BCUT2D eigenvalue weighted by molar-refractivity contribution is 0.963. The smallest absolute Gasteiger partial charge is 0.181 e. The van der Waals surface area contributed by atoms with Crippen molar-refractivity contribution in [2.45, 2.75) is 30.7 Å². The van der Waals surface area contributed by atoms with Crippen molar-refractivity contribution in [3.8, 4) is 11.4 Å². The van der Waals surface area contributed by atoms with Gasteiger partial charge in [-0.1, -0.05) is 0 Å². The first-order chi connectivity index (χ1) is 12.7. The average molecular weight is 384 g/mol. The van der Waals surface area contributed by atoms with Gasteiger partial charge < -0.3 is 5.32 Å². The normalized spacial score (nSPS) is 14.2. The minimum Gasteiger partial charge on any atom is -0.328 e. The first kappa shape index (κ1) is 15.8. The first-order valence-electron chi connectivity index (χ1n) is 8.39. The molecule has 132 valence electrons. The predicted octanol–water partition coefficient (Wildman–Crippen LogP) is 4.23. The van der Waals surface area contributed by atoms with Gasteiger partial charge in [0.2, 0.25) is 0 Å². The van der Waals surface area contributed by atoms with Crippen LogP contribution in [0.3, 0.4) is 0 Å². The Bertz CT molecular complexity index is 1090. The molecule has 0 saturated heterocycles. The molecule has 1 aliphatic carbocycles. The van der Waals surface area contributed by atoms with Crippen LogP contribution in [0.15, 0.2) is 29.6 Å². The fraction of sp³-hybridized carbons (Fsp3) is 0.294. The number of H-pyrrole nitrogens is 1. The Morgan fingerprint density at radius 2 is 2.23 bits per heavy atom. The third kappa shape index (κ3) is 2.77. The van der Waals surface area contributed by atoms with E-state index in [4.69, 9.17) is 4.98 Å². The quantitative estimate of drug-likeness (QED) is 0.502. The van der Waals surface area contributed by atoms with Crippen molar-refractivity contribution < 1.29 is 0 Å². The second-order valence-corrected chi connectivity index (χ2v) is 8.04. The summed E-state index contributed by atoms with van der Waals surface area (Å²) in [6, 6.07) is 4.15. The molecule has 7 nitrogen and oxygen atoms in total. The number of nitrogens with zero attached hydrogens (tertiary/aromatic N) is 5. The van der Waals surface area contributed by atoms with Crippen LogP contribution in [0.1, 0.15) is 30.1 Å². The van der Waals surface area contributed by atoms with E-state index in [2.05, 4.69) is 35.3 Å². The number of nitrogens with one attached hydrogen (secondary N) is 2. The van der Waals surface area contributed by atoms with Gasteiger partial charge in [0.05, 0.1) is 17.6 Å². The van der Waals surface area contributed by atoms with E-state index in [9.17, 15) is 0 Å². The fourth-order valence-electron chi connectivity index (χ4n) is 2.95. The molecule has 4 aromatic heterocycles. The van der Waals surface area contributed by atoms with Crippen LogP contribution in [0.5, 0.6) is 0 Å². The number of hydrogen-bond donors (Lipinski definition) is 2. The Hall–Kier alpha value is -2.39. The number of aromatic amines is 1. The van der Waals surface area contributed by atoms with E-state index in [-0.39, 0.29) is 0 Å². The molecular formula is C17H17N7S2. The lowest BCUT2D eigenvalue weighted by atomic mass is 10.2. The zero-order chi connectivity index (χ0) is 17.7. The van der Waals surface area contributed by atoms with Gasteiger partial charge in [0.15, 0.2) is 11.5 Å². The van der Waals surface area contributed by atoms with Crippen LogP contribution in [0.25, 0.3) is 17.0 Å². The maximum Gasteiger partial charge on any atom is 0.181 e. The lowest BCUT2D eigenvalue weighted by Gasteiger charge is -2.07. The van der Waals surface area contributed by atoms with Gasteiger partial charge in [-0.2, -0.15) is 9.47 Å². The standard InChI is InChI=1S/C17H17N7S2/c1-9-5-14(26-23-9)19-16-17-18-7-13(24(17)8-15(20-16)25-2)12-6-11(21-22-12)10-3-4-10/h5-8,10H,3-4H2,1-2H3,(H,19,20)(H,21,22). The summed E-state index contributed by atoms with van der Waals surface area (Å²) in [6.07, 6.45) is 8.38. The number of anilines is 2. The summed E-state index contributed by atoms with van der Waals surface area (Å²) in [7, 11) is 0. The Balaban J connectivity index is 1.60. The highest BCUT2D eigenvalue weighted by Gasteiger charge is 2.26. The Morgan fingerprint density at radius 3 is 2.96 bits per heavy atom. The van der Waals surface area contributed by atoms with Crippen LogP contribution >= 0.6 is 23.3 Å². The Morgan fingerprint density at radius 1 is 1.35 bits per heavy atom. The number of aryl methyl sites for hydroxylation is 1. The zero-order valence-electron chi connectivity index (χ0n) is 14.4. The maximum absolute atomic E-state index is 4.69. The molecule has 4 aromatic rings. The summed E-state index contributed by atoms with van der Waals surface area (Å²) in [6.45, 7) is 1.98. The van der Waals surface area contributed by atoms with Crippen LogP contribution < -0.4 is 5.32 Å². The molecule has 0 bridgehead atoms. The van der Waals surface area contributed by atoms with Crippen LogP contribution in [0.2, 0.25) is 0 Å². The molecule has 0 spiro atoms. The molecule has 0 unspecified atom stereocenters. The van der Waals surface area contributed by atoms with Crippen molar-refractivity contribution in [2.75, 3.05) is 11.6 Å². The summed E-state index contributed by atoms with van der Waals surface area (Å²) in [5.41, 5.74) is 4.86. The molecule has 1 saturated carbocycles. The molecule has 0 aliphatic heterocycles. The van der Waals surface area contributed by atoms with Crippen LogP contribution in [-0.2, 0) is 0 Å². The number of thioether (sulfide) groups is 1. The number of imidazole rings is 1. The van der Waals surface area contributed by atoms with Crippen molar-refractivity contribution in [3.63, 3.8) is 0 Å². The van der Waals surface area contributed by atoms with Crippen LogP contribution in [0.4, 0.5) is 10.8 Å². The molecule has 4 heterocycles. The van der Waals surface area contributed by atoms with E-state index in [0.29, 0.717) is 5.92 Å². The number of aromatic nitrogens is 6. The molecule has 1 fully saturated rings. The topological polar surface area (TPSA) is 83.8 Å². The van der Waals surface area contributed by atoms with Crippen molar-refractivity contribution in [2.24, 2.45) is 0 Å². The second kappa shape index (κ2) is 6.10. The third-order valence-electron chi connectivity index (χ3n) is 4.43. The van der Waals surface area contributed by atoms with Gasteiger partial charge in [-0.05, 0) is 49.7 Å². The first-order valence-corrected chi connectivity index (χ1v) is 10.4. The van der Waals surface area contributed by atoms with E-state index in [1.54, 1.807) is 11.8 Å². The molecule has 0 amide bonds. The average Bonchev–Trinajstić information content (AvgIpc) is 3.04. The summed E-state index contributed by atoms with van der Waals surface area (Å²) < 4.78 is 6.38. The number of fused-ring (bicyclic) bond motifs is 1. The Kier molecular flexibility index (Phi) is 3.71. The minimum atomic E-state index is 0.644. The molecule has 2 N–H and O–H groups in total. The molecule has 0 aromatic carbocycles. The van der Waals surface area contributed by atoms with Crippen molar-refractivity contribution in [1.29, 1.82) is 0 Å². The molecular weight excluding hydrogens is 366 g/mol. The van der Waals surface area contributed by atoms with Gasteiger partial charge in [-0.25, -0.2) is 9.97 Å². The summed E-state index contributed by atoms with van der Waals surface area (Å²) in [4.78, 5) is 9.30. The lowest BCUT2D eigenvalue weighted by Crippen LogP contribution is -1.99.